The first-order valence-corrected chi connectivity index (χ1v) is 6.12. The Morgan fingerprint density at radius 1 is 1.29 bits per heavy atom. The van der Waals surface area contributed by atoms with Crippen molar-refractivity contribution in [1.82, 2.24) is 0 Å². The van der Waals surface area contributed by atoms with Gasteiger partial charge in [-0.2, -0.15) is 13.2 Å². The van der Waals surface area contributed by atoms with Gasteiger partial charge in [0.2, 0.25) is 0 Å². The van der Waals surface area contributed by atoms with Crippen molar-refractivity contribution in [3.63, 3.8) is 0 Å². The lowest BCUT2D eigenvalue weighted by atomic mass is 10.1. The normalized spacial score (nSPS) is 27.2. The maximum absolute atomic E-state index is 12.7. The Hall–Kier alpha value is -1.57. The van der Waals surface area contributed by atoms with Gasteiger partial charge in [0, 0.05) is 20.1 Å². The van der Waals surface area contributed by atoms with E-state index in [2.05, 4.69) is 9.47 Å². The Labute approximate surface area is 119 Å². The molecular weight excluding hydrogens is 293 g/mol. The van der Waals surface area contributed by atoms with Gasteiger partial charge < -0.3 is 14.6 Å². The minimum absolute atomic E-state index is 0.428. The Morgan fingerprint density at radius 2 is 1.81 bits per heavy atom. The van der Waals surface area contributed by atoms with Crippen LogP contribution in [0.1, 0.15) is 20.8 Å². The average Bonchev–Trinajstić information content (AvgIpc) is 2.87. The van der Waals surface area contributed by atoms with E-state index in [-0.39, 0.29) is 0 Å². The maximum Gasteiger partial charge on any atom is 0.455 e. The van der Waals surface area contributed by atoms with Gasteiger partial charge in [-0.05, 0) is 11.3 Å². The lowest BCUT2D eigenvalue weighted by molar-refractivity contribution is -0.350. The highest BCUT2D eigenvalue weighted by molar-refractivity contribution is 5.83. The number of ether oxygens (including phenoxy) is 2. The first-order valence-electron chi connectivity index (χ1n) is 6.12. The van der Waals surface area contributed by atoms with Gasteiger partial charge in [0.25, 0.3) is 0 Å². The number of aliphatic carboxylic acids is 1. The summed E-state index contributed by atoms with van der Waals surface area (Å²) in [6.45, 7) is 3.97. The number of methoxy groups -OCH3 is 1. The van der Waals surface area contributed by atoms with Gasteiger partial charge in [-0.3, -0.25) is 4.79 Å². The highest BCUT2D eigenvalue weighted by Crippen LogP contribution is 2.59. The van der Waals surface area contributed by atoms with Crippen molar-refractivity contribution in [2.45, 2.75) is 32.7 Å². The van der Waals surface area contributed by atoms with Crippen molar-refractivity contribution in [1.29, 1.82) is 0 Å². The summed E-state index contributed by atoms with van der Waals surface area (Å²) in [5, 5.41) is 8.94. The van der Waals surface area contributed by atoms with Gasteiger partial charge in [0.1, 0.15) is 0 Å². The van der Waals surface area contributed by atoms with E-state index in [4.69, 9.17) is 5.11 Å². The van der Waals surface area contributed by atoms with Crippen LogP contribution in [-0.4, -0.2) is 36.1 Å². The number of rotatable bonds is 5. The fourth-order valence-electron chi connectivity index (χ4n) is 2.13. The number of hydrogen-bond acceptors (Lipinski definition) is 4. The van der Waals surface area contributed by atoms with E-state index in [1.807, 2.05) is 0 Å². The predicted molar refractivity (Wildman–Crippen MR) is 65.1 cm³/mol. The zero-order valence-corrected chi connectivity index (χ0v) is 12.0. The highest BCUT2D eigenvalue weighted by atomic mass is 19.4. The molecule has 3 unspecified atom stereocenters. The molecule has 0 aromatic carbocycles. The summed E-state index contributed by atoms with van der Waals surface area (Å²) in [6.07, 6.45) is -2.82. The molecule has 3 atom stereocenters. The molecule has 21 heavy (non-hydrogen) atoms. The quantitative estimate of drug-likeness (QED) is 0.479. The number of alkyl halides is 3. The van der Waals surface area contributed by atoms with Crippen molar-refractivity contribution >= 4 is 11.9 Å². The highest BCUT2D eigenvalue weighted by Gasteiger charge is 2.61. The molecule has 0 bridgehead atoms. The summed E-state index contributed by atoms with van der Waals surface area (Å²) in [7, 11) is 0.773. The SMILES string of the molecule is COC(C)(OC(=O)/C=C\C1C(C(=O)O)C1(C)C)C(F)(F)F. The first-order chi connectivity index (χ1) is 9.37. The van der Waals surface area contributed by atoms with Gasteiger partial charge in [0.05, 0.1) is 5.92 Å². The van der Waals surface area contributed by atoms with Crippen molar-refractivity contribution < 1.29 is 37.3 Å². The van der Waals surface area contributed by atoms with Crippen molar-refractivity contribution in [2.75, 3.05) is 7.11 Å². The zero-order chi connectivity index (χ0) is 16.6. The molecule has 0 spiro atoms. The number of carboxylic acids is 1. The van der Waals surface area contributed by atoms with Crippen LogP contribution in [-0.2, 0) is 19.1 Å². The Kier molecular flexibility index (Phi) is 4.43. The molecule has 8 heteroatoms. The van der Waals surface area contributed by atoms with Crippen LogP contribution in [0.3, 0.4) is 0 Å². The van der Waals surface area contributed by atoms with E-state index in [0.29, 0.717) is 6.92 Å². The van der Waals surface area contributed by atoms with Crippen LogP contribution in [0.2, 0.25) is 0 Å². The molecule has 0 amide bonds. The van der Waals surface area contributed by atoms with Crippen molar-refractivity contribution in [2.24, 2.45) is 17.3 Å². The van der Waals surface area contributed by atoms with Crippen molar-refractivity contribution in [3.8, 4) is 0 Å². The van der Waals surface area contributed by atoms with E-state index < -0.39 is 41.2 Å². The molecule has 1 rings (SSSR count). The third-order valence-electron chi connectivity index (χ3n) is 3.82. The second-order valence-corrected chi connectivity index (χ2v) is 5.59. The molecule has 0 aromatic heterocycles. The van der Waals surface area contributed by atoms with Crippen molar-refractivity contribution in [3.05, 3.63) is 12.2 Å². The molecule has 0 heterocycles. The number of carbonyl (C=O) groups excluding carboxylic acids is 1. The summed E-state index contributed by atoms with van der Waals surface area (Å²) in [5.74, 6) is -6.40. The molecule has 1 saturated carbocycles. The second kappa shape index (κ2) is 5.32. The smallest absolute Gasteiger partial charge is 0.455 e. The summed E-state index contributed by atoms with van der Waals surface area (Å²) < 4.78 is 46.5. The maximum atomic E-state index is 12.7. The van der Waals surface area contributed by atoms with E-state index in [9.17, 15) is 22.8 Å². The van der Waals surface area contributed by atoms with Gasteiger partial charge >= 0.3 is 23.9 Å². The predicted octanol–water partition coefficient (Wildman–Crippen LogP) is 2.37. The molecule has 0 aromatic rings. The minimum atomic E-state index is -4.88. The lowest BCUT2D eigenvalue weighted by Crippen LogP contribution is -2.47. The van der Waals surface area contributed by atoms with E-state index in [1.54, 1.807) is 13.8 Å². The first kappa shape index (κ1) is 17.5. The van der Waals surface area contributed by atoms with Gasteiger partial charge in [0.15, 0.2) is 0 Å². The lowest BCUT2D eigenvalue weighted by Gasteiger charge is -2.29. The molecular formula is C13H17F3O5. The number of esters is 1. The fraction of sp³-hybridized carbons (Fsp3) is 0.692. The standard InChI is InChI=1S/C13H17F3O5/c1-11(2)7(9(11)10(18)19)5-6-8(17)21-12(3,20-4)13(14,15)16/h5-7,9H,1-4H3,(H,18,19)/b6-5-. The van der Waals surface area contributed by atoms with Crippen LogP contribution in [0.15, 0.2) is 12.2 Å². The fourth-order valence-corrected chi connectivity index (χ4v) is 2.13. The molecule has 0 aliphatic heterocycles. The Morgan fingerprint density at radius 3 is 2.14 bits per heavy atom. The number of halogens is 3. The van der Waals surface area contributed by atoms with E-state index in [1.165, 1.54) is 6.08 Å². The molecule has 120 valence electrons. The monoisotopic (exact) mass is 310 g/mol. The molecule has 0 saturated heterocycles. The third-order valence-corrected chi connectivity index (χ3v) is 3.82. The number of hydrogen-bond donors (Lipinski definition) is 1. The topological polar surface area (TPSA) is 72.8 Å². The molecule has 0 radical (unpaired) electrons. The van der Waals surface area contributed by atoms with E-state index >= 15 is 0 Å². The largest absolute Gasteiger partial charge is 0.481 e. The van der Waals surface area contributed by atoms with Crippen LogP contribution in [0, 0.1) is 17.3 Å². The van der Waals surface area contributed by atoms with Gasteiger partial charge in [-0.1, -0.05) is 19.9 Å². The number of carboxylic acid groups (broad SMARTS) is 1. The van der Waals surface area contributed by atoms with Crippen LogP contribution >= 0.6 is 0 Å². The van der Waals surface area contributed by atoms with Gasteiger partial charge in [-0.15, -0.1) is 0 Å². The molecule has 1 fully saturated rings. The summed E-state index contributed by atoms with van der Waals surface area (Å²) in [4.78, 5) is 22.4. The Balaban J connectivity index is 2.71. The molecule has 1 aliphatic carbocycles. The zero-order valence-electron chi connectivity index (χ0n) is 12.0. The third kappa shape index (κ3) is 3.37. The summed E-state index contributed by atoms with van der Waals surface area (Å²) in [5.41, 5.74) is -0.544. The van der Waals surface area contributed by atoms with E-state index in [0.717, 1.165) is 13.2 Å². The van der Waals surface area contributed by atoms with Crippen LogP contribution in [0.25, 0.3) is 0 Å². The Bertz CT molecular complexity index is 469. The van der Waals surface area contributed by atoms with Crippen LogP contribution in [0.5, 0.6) is 0 Å². The van der Waals surface area contributed by atoms with Gasteiger partial charge in [-0.25, -0.2) is 4.79 Å². The molecule has 5 nitrogen and oxygen atoms in total. The second-order valence-electron chi connectivity index (χ2n) is 5.59. The summed E-state index contributed by atoms with van der Waals surface area (Å²) in [6, 6.07) is 0. The average molecular weight is 310 g/mol. The summed E-state index contributed by atoms with van der Waals surface area (Å²) >= 11 is 0. The number of allylic oxidation sites excluding steroid dienone is 1. The molecule has 1 N–H and O–H groups in total. The van der Waals surface area contributed by atoms with Crippen LogP contribution in [0.4, 0.5) is 13.2 Å². The molecule has 1 aliphatic rings. The number of carbonyl (C=O) groups is 2. The van der Waals surface area contributed by atoms with Crippen LogP contribution < -0.4 is 0 Å². The minimum Gasteiger partial charge on any atom is -0.481 e.